The number of hydrogen-bond acceptors (Lipinski definition) is 3. The van der Waals surface area contributed by atoms with E-state index in [1.807, 2.05) is 0 Å². The van der Waals surface area contributed by atoms with Crippen molar-refractivity contribution in [3.63, 3.8) is 0 Å². The molecule has 2 atom stereocenters. The number of rotatable bonds is 6. The molecule has 0 spiro atoms. The Morgan fingerprint density at radius 2 is 2.06 bits per heavy atom. The first-order valence-corrected chi connectivity index (χ1v) is 7.48. The normalized spacial score (nSPS) is 27.3. The van der Waals surface area contributed by atoms with E-state index in [-0.39, 0.29) is 6.10 Å². The van der Waals surface area contributed by atoms with Crippen LogP contribution in [0.25, 0.3) is 0 Å². The Hall–Kier alpha value is -0.380. The van der Waals surface area contributed by atoms with Gasteiger partial charge in [0.2, 0.25) is 0 Å². The number of aliphatic hydroxyl groups excluding tert-OH is 1. The van der Waals surface area contributed by atoms with E-state index in [9.17, 15) is 5.11 Å². The van der Waals surface area contributed by atoms with Gasteiger partial charge in [0.1, 0.15) is 0 Å². The monoisotopic (exact) mass is 253 g/mol. The zero-order chi connectivity index (χ0) is 12.6. The van der Waals surface area contributed by atoms with Crippen LogP contribution in [-0.2, 0) is 4.74 Å². The molecule has 3 nitrogen and oxygen atoms in total. The van der Waals surface area contributed by atoms with Gasteiger partial charge in [0, 0.05) is 13.2 Å². The number of allylic oxidation sites excluding steroid dienone is 2. The Bertz CT molecular complexity index is 249. The Labute approximate surface area is 111 Å². The molecule has 2 rings (SSSR count). The molecule has 18 heavy (non-hydrogen) atoms. The van der Waals surface area contributed by atoms with Crippen LogP contribution < -0.4 is 0 Å². The molecule has 0 bridgehead atoms. The van der Waals surface area contributed by atoms with Crippen LogP contribution in [0.5, 0.6) is 0 Å². The first-order valence-electron chi connectivity index (χ1n) is 7.48. The van der Waals surface area contributed by atoms with Crippen molar-refractivity contribution in [3.05, 3.63) is 12.2 Å². The Kier molecular flexibility index (Phi) is 6.18. The highest BCUT2D eigenvalue weighted by Gasteiger charge is 2.15. The highest BCUT2D eigenvalue weighted by atomic mass is 16.5. The lowest BCUT2D eigenvalue weighted by molar-refractivity contribution is 0.00120. The smallest absolute Gasteiger partial charge is 0.0900 e. The molecule has 1 heterocycles. The van der Waals surface area contributed by atoms with Gasteiger partial charge >= 0.3 is 0 Å². The second kappa shape index (κ2) is 7.93. The fourth-order valence-corrected chi connectivity index (χ4v) is 2.87. The third kappa shape index (κ3) is 5.09. The maximum atomic E-state index is 9.95. The minimum absolute atomic E-state index is 0.317. The number of likely N-dealkylation sites (tertiary alicyclic amines) is 1. The van der Waals surface area contributed by atoms with Gasteiger partial charge in [-0.25, -0.2) is 0 Å². The summed E-state index contributed by atoms with van der Waals surface area (Å²) in [5.74, 6) is 0.664. The SMILES string of the molecule is O[C@@H](COC[C@@H]1CC=CCC1)CN1CCCCC1. The van der Waals surface area contributed by atoms with Crippen LogP contribution in [0.15, 0.2) is 12.2 Å². The lowest BCUT2D eigenvalue weighted by atomic mass is 9.95. The third-order valence-corrected chi connectivity index (χ3v) is 3.96. The molecule has 3 heteroatoms. The van der Waals surface area contributed by atoms with Gasteiger partial charge < -0.3 is 14.7 Å². The predicted molar refractivity (Wildman–Crippen MR) is 73.6 cm³/mol. The Morgan fingerprint density at radius 3 is 2.78 bits per heavy atom. The van der Waals surface area contributed by atoms with E-state index in [0.29, 0.717) is 12.5 Å². The molecule has 0 aromatic carbocycles. The van der Waals surface area contributed by atoms with Gasteiger partial charge in [-0.15, -0.1) is 0 Å². The van der Waals surface area contributed by atoms with Crippen molar-refractivity contribution in [2.75, 3.05) is 32.8 Å². The molecule has 2 aliphatic rings. The van der Waals surface area contributed by atoms with Crippen LogP contribution in [-0.4, -0.2) is 49.0 Å². The van der Waals surface area contributed by atoms with Crippen molar-refractivity contribution in [1.82, 2.24) is 4.90 Å². The van der Waals surface area contributed by atoms with Crippen molar-refractivity contribution in [3.8, 4) is 0 Å². The average molecular weight is 253 g/mol. The Morgan fingerprint density at radius 1 is 1.22 bits per heavy atom. The minimum atomic E-state index is -0.317. The zero-order valence-electron chi connectivity index (χ0n) is 11.4. The summed E-state index contributed by atoms with van der Waals surface area (Å²) in [5.41, 5.74) is 0. The lowest BCUT2D eigenvalue weighted by Gasteiger charge is -2.28. The molecule has 0 saturated carbocycles. The molecule has 1 N–H and O–H groups in total. The van der Waals surface area contributed by atoms with Crippen LogP contribution in [0.1, 0.15) is 38.5 Å². The fraction of sp³-hybridized carbons (Fsp3) is 0.867. The van der Waals surface area contributed by atoms with E-state index in [1.165, 1.54) is 32.1 Å². The summed E-state index contributed by atoms with van der Waals surface area (Å²) in [4.78, 5) is 2.36. The summed E-state index contributed by atoms with van der Waals surface area (Å²) in [6.07, 6.45) is 11.7. The maximum absolute atomic E-state index is 9.95. The van der Waals surface area contributed by atoms with Gasteiger partial charge in [-0.2, -0.15) is 0 Å². The molecule has 0 unspecified atom stereocenters. The van der Waals surface area contributed by atoms with Crippen molar-refractivity contribution in [2.45, 2.75) is 44.6 Å². The highest BCUT2D eigenvalue weighted by Crippen LogP contribution is 2.18. The summed E-state index contributed by atoms with van der Waals surface area (Å²) < 4.78 is 5.67. The second-order valence-corrected chi connectivity index (χ2v) is 5.70. The van der Waals surface area contributed by atoms with Gasteiger partial charge in [0.15, 0.2) is 0 Å². The summed E-state index contributed by atoms with van der Waals surface area (Å²) in [7, 11) is 0. The molecule has 0 amide bonds. The van der Waals surface area contributed by atoms with Gasteiger partial charge in [0.05, 0.1) is 12.7 Å². The number of hydrogen-bond donors (Lipinski definition) is 1. The van der Waals surface area contributed by atoms with E-state index in [0.717, 1.165) is 32.7 Å². The van der Waals surface area contributed by atoms with Crippen LogP contribution in [0.3, 0.4) is 0 Å². The van der Waals surface area contributed by atoms with Crippen LogP contribution in [0.2, 0.25) is 0 Å². The lowest BCUT2D eigenvalue weighted by Crippen LogP contribution is -2.38. The maximum Gasteiger partial charge on any atom is 0.0900 e. The molecule has 104 valence electrons. The van der Waals surface area contributed by atoms with Crippen LogP contribution in [0, 0.1) is 5.92 Å². The van der Waals surface area contributed by atoms with E-state index in [1.54, 1.807) is 0 Å². The zero-order valence-corrected chi connectivity index (χ0v) is 11.4. The van der Waals surface area contributed by atoms with Gasteiger partial charge in [-0.1, -0.05) is 18.6 Å². The summed E-state index contributed by atoms with van der Waals surface area (Å²) in [5, 5.41) is 9.95. The second-order valence-electron chi connectivity index (χ2n) is 5.70. The quantitative estimate of drug-likeness (QED) is 0.737. The number of aliphatic hydroxyl groups is 1. The molecular formula is C15H27NO2. The topological polar surface area (TPSA) is 32.7 Å². The molecule has 0 aromatic rings. The molecular weight excluding hydrogens is 226 g/mol. The number of nitrogens with zero attached hydrogens (tertiary/aromatic N) is 1. The van der Waals surface area contributed by atoms with E-state index in [2.05, 4.69) is 17.1 Å². The third-order valence-electron chi connectivity index (χ3n) is 3.96. The minimum Gasteiger partial charge on any atom is -0.389 e. The largest absolute Gasteiger partial charge is 0.389 e. The van der Waals surface area contributed by atoms with Crippen molar-refractivity contribution < 1.29 is 9.84 Å². The number of piperidine rings is 1. The Balaban J connectivity index is 1.53. The predicted octanol–water partition coefficient (Wildman–Crippen LogP) is 2.21. The van der Waals surface area contributed by atoms with Crippen molar-refractivity contribution >= 4 is 0 Å². The number of ether oxygens (including phenoxy) is 1. The molecule has 0 radical (unpaired) electrons. The highest BCUT2D eigenvalue weighted by molar-refractivity contribution is 4.89. The molecule has 0 aromatic heterocycles. The molecule has 1 saturated heterocycles. The average Bonchev–Trinajstić information content (AvgIpc) is 2.41. The van der Waals surface area contributed by atoms with E-state index >= 15 is 0 Å². The van der Waals surface area contributed by atoms with Gasteiger partial charge in [0.25, 0.3) is 0 Å². The molecule has 1 aliphatic heterocycles. The van der Waals surface area contributed by atoms with Gasteiger partial charge in [-0.05, 0) is 51.1 Å². The van der Waals surface area contributed by atoms with E-state index in [4.69, 9.17) is 4.74 Å². The first kappa shape index (κ1) is 14.0. The molecule has 1 fully saturated rings. The molecule has 1 aliphatic carbocycles. The van der Waals surface area contributed by atoms with Gasteiger partial charge in [-0.3, -0.25) is 0 Å². The fourth-order valence-electron chi connectivity index (χ4n) is 2.87. The summed E-state index contributed by atoms with van der Waals surface area (Å²) in [6.45, 7) is 4.37. The standard InChI is InChI=1S/C15H27NO2/c17-15(11-16-9-5-2-6-10-16)13-18-12-14-7-3-1-4-8-14/h1,3,14-15,17H,2,4-13H2/t14-,15-/m1/s1. The first-order chi connectivity index (χ1) is 8.84. The van der Waals surface area contributed by atoms with Crippen molar-refractivity contribution in [2.24, 2.45) is 5.92 Å². The van der Waals surface area contributed by atoms with Crippen LogP contribution in [0.4, 0.5) is 0 Å². The van der Waals surface area contributed by atoms with E-state index < -0.39 is 0 Å². The van der Waals surface area contributed by atoms with Crippen molar-refractivity contribution in [1.29, 1.82) is 0 Å². The van der Waals surface area contributed by atoms with Crippen LogP contribution >= 0.6 is 0 Å². The summed E-state index contributed by atoms with van der Waals surface area (Å²) >= 11 is 0. The number of β-amino-alcohol motifs (C(OH)–C–C–N with tert-alkyl or cyclic N) is 1. The summed E-state index contributed by atoms with van der Waals surface area (Å²) in [6, 6.07) is 0.